The van der Waals surface area contributed by atoms with Crippen LogP contribution in [0.4, 0.5) is 5.69 Å². The molecule has 160 valence electrons. The number of carbonyl (C=O) groups is 3. The van der Waals surface area contributed by atoms with Crippen LogP contribution < -0.4 is 5.32 Å². The molecule has 1 amide bonds. The number of ether oxygens (including phenoxy) is 1. The van der Waals surface area contributed by atoms with Gasteiger partial charge < -0.3 is 10.1 Å². The van der Waals surface area contributed by atoms with Crippen molar-refractivity contribution in [1.82, 2.24) is 0 Å². The summed E-state index contributed by atoms with van der Waals surface area (Å²) in [5, 5.41) is 2.78. The SMILES string of the molecule is CCCCCC(=O)Nc1ccc(C(=O)COC(=O)c2ccc(S(C)(=O)=O)cc2)cc1. The number of carbonyl (C=O) groups excluding carboxylic acids is 3. The molecule has 2 rings (SSSR count). The summed E-state index contributed by atoms with van der Waals surface area (Å²) in [5.41, 5.74) is 1.09. The number of rotatable bonds is 10. The molecule has 0 aliphatic heterocycles. The van der Waals surface area contributed by atoms with Gasteiger partial charge in [0.25, 0.3) is 0 Å². The molecule has 0 aromatic heterocycles. The van der Waals surface area contributed by atoms with Gasteiger partial charge in [-0.05, 0) is 55.0 Å². The lowest BCUT2D eigenvalue weighted by Gasteiger charge is -2.07. The minimum Gasteiger partial charge on any atom is -0.454 e. The highest BCUT2D eigenvalue weighted by Gasteiger charge is 2.14. The average molecular weight is 432 g/mol. The van der Waals surface area contributed by atoms with Crippen molar-refractivity contribution in [2.75, 3.05) is 18.2 Å². The van der Waals surface area contributed by atoms with Crippen molar-refractivity contribution in [3.63, 3.8) is 0 Å². The summed E-state index contributed by atoms with van der Waals surface area (Å²) < 4.78 is 27.9. The Morgan fingerprint density at radius 3 is 2.07 bits per heavy atom. The molecule has 0 unspecified atom stereocenters. The molecule has 0 saturated carbocycles. The van der Waals surface area contributed by atoms with E-state index in [0.29, 0.717) is 17.7 Å². The number of Topliss-reactive ketones (excluding diaryl/α,β-unsaturated/α-hetero) is 1. The van der Waals surface area contributed by atoms with Crippen LogP contribution in [-0.4, -0.2) is 38.9 Å². The van der Waals surface area contributed by atoms with Crippen LogP contribution in [0, 0.1) is 0 Å². The first kappa shape index (κ1) is 23.3. The van der Waals surface area contributed by atoms with Gasteiger partial charge in [0.2, 0.25) is 5.91 Å². The van der Waals surface area contributed by atoms with E-state index in [9.17, 15) is 22.8 Å². The van der Waals surface area contributed by atoms with Crippen molar-refractivity contribution in [3.8, 4) is 0 Å². The molecule has 0 saturated heterocycles. The minimum atomic E-state index is -3.36. The number of nitrogens with one attached hydrogen (secondary N) is 1. The number of amides is 1. The van der Waals surface area contributed by atoms with Gasteiger partial charge in [-0.15, -0.1) is 0 Å². The Morgan fingerprint density at radius 1 is 0.900 bits per heavy atom. The molecule has 0 heterocycles. The Morgan fingerprint density at radius 2 is 1.50 bits per heavy atom. The highest BCUT2D eigenvalue weighted by molar-refractivity contribution is 7.90. The largest absolute Gasteiger partial charge is 0.454 e. The van der Waals surface area contributed by atoms with E-state index in [4.69, 9.17) is 4.74 Å². The van der Waals surface area contributed by atoms with Crippen molar-refractivity contribution in [1.29, 1.82) is 0 Å². The summed E-state index contributed by atoms with van der Waals surface area (Å²) in [6.45, 7) is 1.62. The van der Waals surface area contributed by atoms with Crippen LogP contribution in [0.2, 0.25) is 0 Å². The maximum Gasteiger partial charge on any atom is 0.338 e. The molecule has 0 aliphatic rings. The molecule has 0 atom stereocenters. The minimum absolute atomic E-state index is 0.0710. The maximum atomic E-state index is 12.2. The van der Waals surface area contributed by atoms with E-state index in [1.165, 1.54) is 24.3 Å². The molecule has 30 heavy (non-hydrogen) atoms. The summed E-state index contributed by atoms with van der Waals surface area (Å²) in [6.07, 6.45) is 4.40. The highest BCUT2D eigenvalue weighted by Crippen LogP contribution is 2.13. The number of ketones is 1. The average Bonchev–Trinajstić information content (AvgIpc) is 2.72. The lowest BCUT2D eigenvalue weighted by atomic mass is 10.1. The van der Waals surface area contributed by atoms with Crippen LogP contribution in [0.5, 0.6) is 0 Å². The van der Waals surface area contributed by atoms with Crippen LogP contribution in [0.25, 0.3) is 0 Å². The molecule has 0 fully saturated rings. The third kappa shape index (κ3) is 7.11. The number of benzene rings is 2. The molecule has 8 heteroatoms. The fourth-order valence-electron chi connectivity index (χ4n) is 2.63. The van der Waals surface area contributed by atoms with Gasteiger partial charge in [0.05, 0.1) is 10.5 Å². The predicted octanol–water partition coefficient (Wildman–Crippen LogP) is 3.65. The molecule has 1 N–H and O–H groups in total. The fourth-order valence-corrected chi connectivity index (χ4v) is 3.26. The Labute approximate surface area is 176 Å². The van der Waals surface area contributed by atoms with E-state index >= 15 is 0 Å². The Bertz CT molecular complexity index is 995. The fraction of sp³-hybridized carbons (Fsp3) is 0.318. The Hall–Kier alpha value is -3.00. The van der Waals surface area contributed by atoms with Crippen LogP contribution in [0.15, 0.2) is 53.4 Å². The molecule has 0 spiro atoms. The van der Waals surface area contributed by atoms with Crippen LogP contribution in [-0.2, 0) is 19.4 Å². The molecule has 2 aromatic rings. The van der Waals surface area contributed by atoms with Crippen LogP contribution >= 0.6 is 0 Å². The molecule has 0 aliphatic carbocycles. The van der Waals surface area contributed by atoms with E-state index in [1.54, 1.807) is 24.3 Å². The first-order valence-corrected chi connectivity index (χ1v) is 11.5. The summed E-state index contributed by atoms with van der Waals surface area (Å²) >= 11 is 0. The zero-order valence-corrected chi connectivity index (χ0v) is 17.8. The molecule has 7 nitrogen and oxygen atoms in total. The Kier molecular flexibility index (Phi) is 8.29. The highest BCUT2D eigenvalue weighted by atomic mass is 32.2. The standard InChI is InChI=1S/C22H25NO6S/c1-3-4-5-6-21(25)23-18-11-7-16(8-12-18)20(24)15-29-22(26)17-9-13-19(14-10-17)30(2,27)28/h7-14H,3-6,15H2,1-2H3,(H,23,25). The van der Waals surface area contributed by atoms with Gasteiger partial charge in [-0.1, -0.05) is 19.8 Å². The molecule has 0 radical (unpaired) electrons. The topological polar surface area (TPSA) is 107 Å². The molecular weight excluding hydrogens is 406 g/mol. The smallest absolute Gasteiger partial charge is 0.338 e. The van der Waals surface area contributed by atoms with Gasteiger partial charge in [0.15, 0.2) is 22.2 Å². The summed E-state index contributed by atoms with van der Waals surface area (Å²) in [5.74, 6) is -1.19. The number of unbranched alkanes of at least 4 members (excludes halogenated alkanes) is 2. The third-order valence-corrected chi connectivity index (χ3v) is 5.48. The number of hydrogen-bond acceptors (Lipinski definition) is 6. The van der Waals surface area contributed by atoms with Gasteiger partial charge >= 0.3 is 5.97 Å². The second-order valence-electron chi connectivity index (χ2n) is 6.88. The quantitative estimate of drug-likeness (QED) is 0.350. The van der Waals surface area contributed by atoms with Gasteiger partial charge in [-0.2, -0.15) is 0 Å². The second-order valence-corrected chi connectivity index (χ2v) is 8.89. The molecular formula is C22H25NO6S. The van der Waals surface area contributed by atoms with Crippen molar-refractivity contribution in [3.05, 3.63) is 59.7 Å². The zero-order valence-electron chi connectivity index (χ0n) is 17.0. The third-order valence-electron chi connectivity index (χ3n) is 4.35. The summed E-state index contributed by atoms with van der Waals surface area (Å²) in [4.78, 5) is 36.2. The van der Waals surface area contributed by atoms with Gasteiger partial charge in [-0.3, -0.25) is 9.59 Å². The van der Waals surface area contributed by atoms with Gasteiger partial charge in [-0.25, -0.2) is 13.2 Å². The van der Waals surface area contributed by atoms with E-state index in [2.05, 4.69) is 12.2 Å². The van der Waals surface area contributed by atoms with Gasteiger partial charge in [0.1, 0.15) is 0 Å². The number of hydrogen-bond donors (Lipinski definition) is 1. The van der Waals surface area contributed by atoms with Gasteiger partial charge in [0, 0.05) is 23.9 Å². The normalized spacial score (nSPS) is 11.0. The first-order chi connectivity index (χ1) is 14.2. The van der Waals surface area contributed by atoms with E-state index in [1.807, 2.05) is 0 Å². The molecule has 2 aromatic carbocycles. The van der Waals surface area contributed by atoms with E-state index in [-0.39, 0.29) is 16.4 Å². The van der Waals surface area contributed by atoms with Crippen molar-refractivity contribution >= 4 is 33.2 Å². The van der Waals surface area contributed by atoms with Crippen LogP contribution in [0.3, 0.4) is 0 Å². The predicted molar refractivity (Wildman–Crippen MR) is 113 cm³/mol. The van der Waals surface area contributed by atoms with Crippen LogP contribution in [0.1, 0.15) is 53.3 Å². The molecule has 0 bridgehead atoms. The number of esters is 1. The lowest BCUT2D eigenvalue weighted by Crippen LogP contribution is -2.15. The van der Waals surface area contributed by atoms with Crippen molar-refractivity contribution in [2.45, 2.75) is 37.5 Å². The van der Waals surface area contributed by atoms with Crippen molar-refractivity contribution in [2.24, 2.45) is 0 Å². The van der Waals surface area contributed by atoms with Crippen molar-refractivity contribution < 1.29 is 27.5 Å². The number of sulfone groups is 1. The second kappa shape index (κ2) is 10.7. The zero-order chi connectivity index (χ0) is 22.1. The first-order valence-electron chi connectivity index (χ1n) is 9.61. The Balaban J connectivity index is 1.87. The monoisotopic (exact) mass is 431 g/mol. The maximum absolute atomic E-state index is 12.2. The summed E-state index contributed by atoms with van der Waals surface area (Å²) in [7, 11) is -3.36. The van der Waals surface area contributed by atoms with E-state index in [0.717, 1.165) is 25.5 Å². The lowest BCUT2D eigenvalue weighted by molar-refractivity contribution is -0.116. The number of anilines is 1. The summed E-state index contributed by atoms with van der Waals surface area (Å²) in [6, 6.07) is 11.6. The van der Waals surface area contributed by atoms with E-state index < -0.39 is 28.2 Å².